The van der Waals surface area contributed by atoms with Crippen molar-refractivity contribution in [3.63, 3.8) is 0 Å². The zero-order valence-electron chi connectivity index (χ0n) is 37.6. The second kappa shape index (κ2) is 17.0. The lowest BCUT2D eigenvalue weighted by Crippen LogP contribution is -2.05. The molecule has 0 saturated carbocycles. The van der Waals surface area contributed by atoms with Crippen molar-refractivity contribution >= 4 is 43.6 Å². The van der Waals surface area contributed by atoms with Gasteiger partial charge in [0.05, 0.1) is 56.2 Å². The summed E-state index contributed by atoms with van der Waals surface area (Å²) in [5.74, 6) is 1.20. The lowest BCUT2D eigenvalue weighted by atomic mass is 9.94. The predicted octanol–water partition coefficient (Wildman–Crippen LogP) is 16.3. The quantitative estimate of drug-likeness (QED) is 0.149. The fourth-order valence-electron chi connectivity index (χ4n) is 9.70. The van der Waals surface area contributed by atoms with Crippen molar-refractivity contribution in [1.82, 2.24) is 24.1 Å². The Labute approximate surface area is 407 Å². The summed E-state index contributed by atoms with van der Waals surface area (Å²) in [4.78, 5) is 15.0. The maximum atomic E-state index is 14.4. The van der Waals surface area contributed by atoms with Gasteiger partial charge in [-0.2, -0.15) is 31.6 Å². The molecule has 3 aromatic heterocycles. The standard InChI is InChI=1S/C60H34F6N6/c61-59(62,63)42-25-29-54-48(33-42)44-15-7-9-17-50(44)71(54)52-27-23-40(37-21-19-36(35-67)20-22-37)31-46(52)47-32-41(58-69-56(38-11-3-1-4-12-38)68-57(70-58)39-13-5-2-6-14-39)24-28-53(47)72-51-18-10-8-16-45(51)49-34-43(60(64,65)66)26-30-55(49)72/h1-34H. The number of hydrogen-bond acceptors (Lipinski definition) is 4. The molecule has 3 heterocycles. The highest BCUT2D eigenvalue weighted by atomic mass is 19.4. The number of nitriles is 1. The smallest absolute Gasteiger partial charge is 0.309 e. The van der Waals surface area contributed by atoms with E-state index in [-0.39, 0.29) is 0 Å². The average Bonchev–Trinajstić information content (AvgIpc) is 3.92. The third kappa shape index (κ3) is 7.59. The van der Waals surface area contributed by atoms with Gasteiger partial charge in [0.25, 0.3) is 0 Å². The van der Waals surface area contributed by atoms with E-state index in [0.717, 1.165) is 34.4 Å². The minimum absolute atomic E-state index is 0.342. The van der Waals surface area contributed by atoms with E-state index in [9.17, 15) is 31.6 Å². The Kier molecular flexibility index (Phi) is 10.3. The fraction of sp³-hybridized carbons (Fsp3) is 0.0333. The Morgan fingerprint density at radius 2 is 0.736 bits per heavy atom. The number of aromatic nitrogens is 5. The van der Waals surface area contributed by atoms with Crippen LogP contribution in [0.3, 0.4) is 0 Å². The number of fused-ring (bicyclic) bond motifs is 6. The molecule has 0 saturated heterocycles. The normalized spacial score (nSPS) is 12.0. The van der Waals surface area contributed by atoms with E-state index in [0.29, 0.717) is 94.7 Å². The summed E-state index contributed by atoms with van der Waals surface area (Å²) in [5, 5.41) is 11.7. The molecule has 12 aromatic rings. The van der Waals surface area contributed by atoms with Crippen molar-refractivity contribution in [3.05, 3.63) is 223 Å². The van der Waals surface area contributed by atoms with Crippen molar-refractivity contribution in [2.45, 2.75) is 12.4 Å². The van der Waals surface area contributed by atoms with Gasteiger partial charge in [-0.15, -0.1) is 0 Å². The summed E-state index contributed by atoms with van der Waals surface area (Å²) >= 11 is 0. The number of benzene rings is 9. The molecule has 0 radical (unpaired) electrons. The van der Waals surface area contributed by atoms with E-state index in [4.69, 9.17) is 15.0 Å². The molecule has 72 heavy (non-hydrogen) atoms. The molecule has 12 rings (SSSR count). The van der Waals surface area contributed by atoms with Crippen LogP contribution in [0.25, 0.3) is 111 Å². The number of halogens is 6. The molecule has 0 N–H and O–H groups in total. The van der Waals surface area contributed by atoms with Crippen LogP contribution in [0.4, 0.5) is 26.3 Å². The Morgan fingerprint density at radius 3 is 1.19 bits per heavy atom. The SMILES string of the molecule is N#Cc1ccc(-c2ccc(-n3c4ccccc4c4cc(C(F)(F)F)ccc43)c(-c3cc(-c4nc(-c5ccccc5)nc(-c5ccccc5)n4)ccc3-n3c4ccccc4c4cc(C(F)(F)F)ccc43)c2)cc1. The monoisotopic (exact) mass is 952 g/mol. The lowest BCUT2D eigenvalue weighted by Gasteiger charge is -2.21. The van der Waals surface area contributed by atoms with Gasteiger partial charge < -0.3 is 9.13 Å². The van der Waals surface area contributed by atoms with E-state index in [1.165, 1.54) is 24.3 Å². The first-order valence-electron chi connectivity index (χ1n) is 22.8. The van der Waals surface area contributed by atoms with Gasteiger partial charge in [-0.05, 0) is 102 Å². The van der Waals surface area contributed by atoms with Gasteiger partial charge in [0.15, 0.2) is 17.5 Å². The maximum absolute atomic E-state index is 14.4. The van der Waals surface area contributed by atoms with E-state index in [1.807, 2.05) is 143 Å². The Bertz CT molecular complexity index is 4070. The zero-order chi connectivity index (χ0) is 49.3. The second-order valence-corrected chi connectivity index (χ2v) is 17.4. The van der Waals surface area contributed by atoms with Crippen LogP contribution >= 0.6 is 0 Å². The molecule has 6 nitrogen and oxygen atoms in total. The first-order chi connectivity index (χ1) is 34.9. The largest absolute Gasteiger partial charge is 0.416 e. The van der Waals surface area contributed by atoms with Crippen molar-refractivity contribution in [2.75, 3.05) is 0 Å². The summed E-state index contributed by atoms with van der Waals surface area (Å²) in [5.41, 5.74) is 7.25. The summed E-state index contributed by atoms with van der Waals surface area (Å²) in [6, 6.07) is 62.1. The van der Waals surface area contributed by atoms with Crippen LogP contribution < -0.4 is 0 Å². The van der Waals surface area contributed by atoms with Crippen LogP contribution in [-0.4, -0.2) is 24.1 Å². The number of alkyl halides is 6. The molecule has 0 bridgehead atoms. The van der Waals surface area contributed by atoms with Gasteiger partial charge in [-0.1, -0.05) is 115 Å². The molecule has 0 aliphatic heterocycles. The van der Waals surface area contributed by atoms with E-state index in [2.05, 4.69) is 6.07 Å². The van der Waals surface area contributed by atoms with Gasteiger partial charge in [-0.25, -0.2) is 15.0 Å². The summed E-state index contributed by atoms with van der Waals surface area (Å²) in [7, 11) is 0. The third-order valence-electron chi connectivity index (χ3n) is 13.1. The highest BCUT2D eigenvalue weighted by molar-refractivity contribution is 6.12. The number of rotatable bonds is 7. The Morgan fingerprint density at radius 1 is 0.347 bits per heavy atom. The van der Waals surface area contributed by atoms with E-state index in [1.54, 1.807) is 36.4 Å². The molecule has 0 unspecified atom stereocenters. The van der Waals surface area contributed by atoms with Crippen molar-refractivity contribution in [1.29, 1.82) is 5.26 Å². The average molecular weight is 953 g/mol. The predicted molar refractivity (Wildman–Crippen MR) is 270 cm³/mol. The van der Waals surface area contributed by atoms with Crippen molar-refractivity contribution < 1.29 is 26.3 Å². The lowest BCUT2D eigenvalue weighted by molar-refractivity contribution is -0.138. The summed E-state index contributed by atoms with van der Waals surface area (Å²) in [6.45, 7) is 0. The zero-order valence-corrected chi connectivity index (χ0v) is 37.6. The third-order valence-corrected chi connectivity index (χ3v) is 13.1. The molecule has 9 aromatic carbocycles. The molecular formula is C60H34F6N6. The minimum atomic E-state index is -4.60. The highest BCUT2D eigenvalue weighted by Crippen LogP contribution is 2.45. The first-order valence-corrected chi connectivity index (χ1v) is 22.8. The van der Waals surface area contributed by atoms with Crippen LogP contribution in [-0.2, 0) is 12.4 Å². The molecule has 346 valence electrons. The minimum Gasteiger partial charge on any atom is -0.309 e. The molecule has 12 heteroatoms. The topological polar surface area (TPSA) is 72.3 Å². The van der Waals surface area contributed by atoms with Crippen LogP contribution in [0.2, 0.25) is 0 Å². The Balaban J connectivity index is 1.21. The summed E-state index contributed by atoms with van der Waals surface area (Å²) in [6.07, 6.45) is -9.20. The van der Waals surface area contributed by atoms with Gasteiger partial charge in [0.1, 0.15) is 0 Å². The maximum Gasteiger partial charge on any atom is 0.416 e. The van der Waals surface area contributed by atoms with Crippen LogP contribution in [0, 0.1) is 11.3 Å². The molecule has 0 aliphatic carbocycles. The van der Waals surface area contributed by atoms with Gasteiger partial charge in [0.2, 0.25) is 0 Å². The Hall–Kier alpha value is -9.34. The highest BCUT2D eigenvalue weighted by Gasteiger charge is 2.33. The number of para-hydroxylation sites is 2. The fourth-order valence-corrected chi connectivity index (χ4v) is 9.70. The van der Waals surface area contributed by atoms with Gasteiger partial charge in [0, 0.05) is 49.4 Å². The van der Waals surface area contributed by atoms with Crippen LogP contribution in [0.15, 0.2) is 206 Å². The van der Waals surface area contributed by atoms with E-state index >= 15 is 0 Å². The number of hydrogen-bond donors (Lipinski definition) is 0. The van der Waals surface area contributed by atoms with Gasteiger partial charge in [-0.3, -0.25) is 0 Å². The molecule has 0 atom stereocenters. The van der Waals surface area contributed by atoms with Gasteiger partial charge >= 0.3 is 12.4 Å². The molecule has 0 amide bonds. The molecular weight excluding hydrogens is 919 g/mol. The van der Waals surface area contributed by atoms with Crippen molar-refractivity contribution in [3.8, 4) is 73.9 Å². The second-order valence-electron chi connectivity index (χ2n) is 17.4. The summed E-state index contributed by atoms with van der Waals surface area (Å²) < 4.78 is 90.3. The van der Waals surface area contributed by atoms with E-state index < -0.39 is 23.5 Å². The first kappa shape index (κ1) is 43.9. The van der Waals surface area contributed by atoms with Crippen LogP contribution in [0.1, 0.15) is 16.7 Å². The number of nitrogens with zero attached hydrogens (tertiary/aromatic N) is 6. The molecule has 0 spiro atoms. The van der Waals surface area contributed by atoms with Crippen LogP contribution in [0.5, 0.6) is 0 Å². The van der Waals surface area contributed by atoms with Crippen molar-refractivity contribution in [2.24, 2.45) is 0 Å². The molecule has 0 fully saturated rings. The molecule has 0 aliphatic rings.